The lowest BCUT2D eigenvalue weighted by Crippen LogP contribution is -2.27. The molecule has 0 bridgehead atoms. The number of ether oxygens (including phenoxy) is 1. The van der Waals surface area contributed by atoms with Gasteiger partial charge in [0.1, 0.15) is 0 Å². The Hall–Kier alpha value is -3.37. The van der Waals surface area contributed by atoms with Gasteiger partial charge in [-0.3, -0.25) is 14.5 Å². The van der Waals surface area contributed by atoms with Crippen molar-refractivity contribution in [2.24, 2.45) is 0 Å². The molecule has 0 aliphatic carbocycles. The number of methoxy groups -OCH3 is 1. The SMILES string of the molecule is COC(=O)c1ccc(/C=C2/SC(=O)N(Cc3ccccc3C#N)C2=O)cc1. The average molecular weight is 378 g/mol. The molecule has 6 nitrogen and oxygen atoms in total. The minimum atomic E-state index is -0.446. The molecule has 2 aromatic carbocycles. The predicted molar refractivity (Wildman–Crippen MR) is 100 cm³/mol. The van der Waals surface area contributed by atoms with E-state index in [-0.39, 0.29) is 11.8 Å². The Morgan fingerprint density at radius 1 is 1.19 bits per heavy atom. The Bertz CT molecular complexity index is 990. The number of esters is 1. The molecule has 27 heavy (non-hydrogen) atoms. The fourth-order valence-corrected chi connectivity index (χ4v) is 3.40. The van der Waals surface area contributed by atoms with E-state index in [2.05, 4.69) is 10.8 Å². The lowest BCUT2D eigenvalue weighted by molar-refractivity contribution is -0.123. The largest absolute Gasteiger partial charge is 0.465 e. The zero-order valence-corrected chi connectivity index (χ0v) is 15.2. The van der Waals surface area contributed by atoms with E-state index in [0.717, 1.165) is 16.7 Å². The fraction of sp³-hybridized carbons (Fsp3) is 0.100. The second kappa shape index (κ2) is 7.89. The van der Waals surface area contributed by atoms with Gasteiger partial charge >= 0.3 is 5.97 Å². The molecule has 0 aromatic heterocycles. The maximum Gasteiger partial charge on any atom is 0.337 e. The van der Waals surface area contributed by atoms with Gasteiger partial charge in [-0.15, -0.1) is 0 Å². The van der Waals surface area contributed by atoms with Gasteiger partial charge < -0.3 is 4.74 Å². The molecule has 134 valence electrons. The summed E-state index contributed by atoms with van der Waals surface area (Å²) in [5.74, 6) is -0.854. The van der Waals surface area contributed by atoms with Crippen LogP contribution in [-0.2, 0) is 16.1 Å². The molecule has 0 unspecified atom stereocenters. The summed E-state index contributed by atoms with van der Waals surface area (Å²) in [6, 6.07) is 15.4. The van der Waals surface area contributed by atoms with Crippen molar-refractivity contribution in [1.82, 2.24) is 4.90 Å². The lowest BCUT2D eigenvalue weighted by atomic mass is 10.1. The summed E-state index contributed by atoms with van der Waals surface area (Å²) in [5.41, 5.74) is 2.13. The van der Waals surface area contributed by atoms with E-state index < -0.39 is 11.9 Å². The van der Waals surface area contributed by atoms with Crippen LogP contribution in [0.4, 0.5) is 4.79 Å². The number of benzene rings is 2. The summed E-state index contributed by atoms with van der Waals surface area (Å²) in [7, 11) is 1.30. The summed E-state index contributed by atoms with van der Waals surface area (Å²) in [6.45, 7) is 0.0486. The highest BCUT2D eigenvalue weighted by atomic mass is 32.2. The number of nitrogens with zero attached hydrogens (tertiary/aromatic N) is 2. The molecule has 1 aliphatic rings. The zero-order chi connectivity index (χ0) is 19.4. The number of amides is 2. The Labute approximate surface area is 160 Å². The van der Waals surface area contributed by atoms with Crippen LogP contribution >= 0.6 is 11.8 Å². The quantitative estimate of drug-likeness (QED) is 0.597. The summed E-state index contributed by atoms with van der Waals surface area (Å²) in [6.07, 6.45) is 1.60. The monoisotopic (exact) mass is 378 g/mol. The molecule has 3 rings (SSSR count). The number of carbonyl (C=O) groups is 3. The maximum atomic E-state index is 12.6. The van der Waals surface area contributed by atoms with E-state index in [0.29, 0.717) is 27.2 Å². The van der Waals surface area contributed by atoms with E-state index >= 15 is 0 Å². The molecule has 0 N–H and O–H groups in total. The van der Waals surface area contributed by atoms with Crippen molar-refractivity contribution in [2.75, 3.05) is 7.11 Å². The Morgan fingerprint density at radius 2 is 1.89 bits per heavy atom. The number of thioether (sulfide) groups is 1. The van der Waals surface area contributed by atoms with Crippen molar-refractivity contribution >= 4 is 35.0 Å². The molecule has 0 spiro atoms. The van der Waals surface area contributed by atoms with Crippen LogP contribution in [0, 0.1) is 11.3 Å². The standard InChI is InChI=1S/C20H14N2O4S/c1-26-19(24)14-8-6-13(7-9-14)10-17-18(23)22(20(25)27-17)12-16-5-3-2-4-15(16)11-21/h2-10H,12H2,1H3/b17-10+. The normalized spacial score (nSPS) is 15.1. The Morgan fingerprint density at radius 3 is 2.56 bits per heavy atom. The third kappa shape index (κ3) is 3.91. The van der Waals surface area contributed by atoms with Crippen LogP contribution in [0.5, 0.6) is 0 Å². The molecule has 1 aliphatic heterocycles. The van der Waals surface area contributed by atoms with Crippen LogP contribution in [0.15, 0.2) is 53.4 Å². The van der Waals surface area contributed by atoms with Crippen LogP contribution in [0.1, 0.15) is 27.0 Å². The van der Waals surface area contributed by atoms with Crippen LogP contribution in [0.2, 0.25) is 0 Å². The first kappa shape index (κ1) is 18.4. The lowest BCUT2D eigenvalue weighted by Gasteiger charge is -2.13. The topological polar surface area (TPSA) is 87.5 Å². The minimum Gasteiger partial charge on any atom is -0.465 e. The van der Waals surface area contributed by atoms with Crippen molar-refractivity contribution in [1.29, 1.82) is 5.26 Å². The van der Waals surface area contributed by atoms with Gasteiger partial charge in [-0.1, -0.05) is 30.3 Å². The van der Waals surface area contributed by atoms with Gasteiger partial charge in [-0.05, 0) is 47.2 Å². The van der Waals surface area contributed by atoms with E-state index in [1.165, 1.54) is 7.11 Å². The first-order valence-corrected chi connectivity index (χ1v) is 8.77. The van der Waals surface area contributed by atoms with E-state index in [1.54, 1.807) is 54.6 Å². The van der Waals surface area contributed by atoms with Crippen LogP contribution in [0.25, 0.3) is 6.08 Å². The van der Waals surface area contributed by atoms with Crippen molar-refractivity contribution in [2.45, 2.75) is 6.54 Å². The summed E-state index contributed by atoms with van der Waals surface area (Å²) >= 11 is 0.848. The molecular weight excluding hydrogens is 364 g/mol. The molecule has 7 heteroatoms. The third-order valence-corrected chi connectivity index (χ3v) is 4.88. The molecule has 0 radical (unpaired) electrons. The van der Waals surface area contributed by atoms with Crippen molar-refractivity contribution < 1.29 is 19.1 Å². The van der Waals surface area contributed by atoms with Crippen LogP contribution in [0.3, 0.4) is 0 Å². The molecular formula is C20H14N2O4S. The molecule has 1 fully saturated rings. The van der Waals surface area contributed by atoms with E-state index in [9.17, 15) is 14.4 Å². The average Bonchev–Trinajstić information content (AvgIpc) is 2.95. The van der Waals surface area contributed by atoms with Crippen molar-refractivity contribution in [3.05, 3.63) is 75.7 Å². The van der Waals surface area contributed by atoms with Gasteiger partial charge in [0, 0.05) is 0 Å². The molecule has 1 heterocycles. The summed E-state index contributed by atoms with van der Waals surface area (Å²) in [5, 5.41) is 8.78. The van der Waals surface area contributed by atoms with Crippen molar-refractivity contribution in [3.8, 4) is 6.07 Å². The number of rotatable bonds is 4. The number of hydrogen-bond acceptors (Lipinski definition) is 6. The van der Waals surface area contributed by atoms with Crippen LogP contribution in [-0.4, -0.2) is 29.1 Å². The molecule has 0 saturated carbocycles. The van der Waals surface area contributed by atoms with Gasteiger partial charge in [0.05, 0.1) is 35.8 Å². The second-order valence-corrected chi connectivity index (χ2v) is 6.64. The third-order valence-electron chi connectivity index (χ3n) is 3.97. The first-order valence-electron chi connectivity index (χ1n) is 7.95. The molecule has 0 atom stereocenters. The fourth-order valence-electron chi connectivity index (χ4n) is 2.56. The van der Waals surface area contributed by atoms with Gasteiger partial charge in [0.2, 0.25) is 0 Å². The van der Waals surface area contributed by atoms with E-state index in [1.807, 2.05) is 0 Å². The van der Waals surface area contributed by atoms with Gasteiger partial charge in [0.25, 0.3) is 11.1 Å². The number of nitriles is 1. The molecule has 2 aromatic rings. The number of carbonyl (C=O) groups excluding carboxylic acids is 3. The number of imide groups is 1. The van der Waals surface area contributed by atoms with Crippen molar-refractivity contribution in [3.63, 3.8) is 0 Å². The summed E-state index contributed by atoms with van der Waals surface area (Å²) in [4.78, 5) is 37.7. The highest BCUT2D eigenvalue weighted by Crippen LogP contribution is 2.33. The first-order chi connectivity index (χ1) is 13.0. The summed E-state index contributed by atoms with van der Waals surface area (Å²) < 4.78 is 4.64. The predicted octanol–water partition coefficient (Wildman–Crippen LogP) is 3.58. The smallest absolute Gasteiger partial charge is 0.337 e. The Balaban J connectivity index is 1.80. The number of hydrogen-bond donors (Lipinski definition) is 0. The second-order valence-electron chi connectivity index (χ2n) is 5.65. The van der Waals surface area contributed by atoms with Gasteiger partial charge in [-0.25, -0.2) is 4.79 Å². The zero-order valence-electron chi connectivity index (χ0n) is 14.3. The van der Waals surface area contributed by atoms with Crippen LogP contribution < -0.4 is 0 Å². The highest BCUT2D eigenvalue weighted by molar-refractivity contribution is 8.18. The van der Waals surface area contributed by atoms with Gasteiger partial charge in [0.15, 0.2) is 0 Å². The van der Waals surface area contributed by atoms with Gasteiger partial charge in [-0.2, -0.15) is 5.26 Å². The van der Waals surface area contributed by atoms with E-state index in [4.69, 9.17) is 5.26 Å². The highest BCUT2D eigenvalue weighted by Gasteiger charge is 2.35. The minimum absolute atomic E-state index is 0.0486. The Kier molecular flexibility index (Phi) is 5.38. The maximum absolute atomic E-state index is 12.6. The molecule has 2 amide bonds. The molecule has 1 saturated heterocycles.